The highest BCUT2D eigenvalue weighted by atomic mass is 32.2. The molecule has 2 aliphatic heterocycles. The van der Waals surface area contributed by atoms with Crippen LogP contribution < -0.4 is 9.80 Å². The molecule has 0 bridgehead atoms. The van der Waals surface area contributed by atoms with E-state index in [2.05, 4.69) is 51.3 Å². The summed E-state index contributed by atoms with van der Waals surface area (Å²) in [7, 11) is 0. The van der Waals surface area contributed by atoms with Crippen LogP contribution in [0.5, 0.6) is 0 Å². The molecular weight excluding hydrogens is 326 g/mol. The first-order valence-corrected chi connectivity index (χ1v) is 9.02. The molecule has 2 fully saturated rings. The molecule has 0 spiro atoms. The molecular formula is C16H19N5O2S. The zero-order valence-electron chi connectivity index (χ0n) is 13.4. The third kappa shape index (κ3) is 2.87. The second-order valence-electron chi connectivity index (χ2n) is 5.90. The van der Waals surface area contributed by atoms with Gasteiger partial charge in [-0.25, -0.2) is 5.10 Å². The van der Waals surface area contributed by atoms with Gasteiger partial charge in [-0.2, -0.15) is 4.98 Å². The summed E-state index contributed by atoms with van der Waals surface area (Å²) in [5, 5.41) is 7.16. The van der Waals surface area contributed by atoms with Crippen LogP contribution in [-0.2, 0) is 9.53 Å². The molecule has 1 atom stereocenters. The summed E-state index contributed by atoms with van der Waals surface area (Å²) in [5.41, 5.74) is 2.30. The SMILES string of the molecule is Cc1ccc([C@H]2SCC(=O)N2c2nc(N3CCOCC3)n[nH]2)cc1. The number of carbonyl (C=O) groups excluding carboxylic acids is 1. The molecule has 8 heteroatoms. The highest BCUT2D eigenvalue weighted by Crippen LogP contribution is 2.40. The summed E-state index contributed by atoms with van der Waals surface area (Å²) in [5.74, 6) is 1.64. The average Bonchev–Trinajstić information content (AvgIpc) is 3.23. The molecule has 2 aromatic rings. The molecule has 0 unspecified atom stereocenters. The first-order valence-electron chi connectivity index (χ1n) is 7.98. The fraction of sp³-hybridized carbons (Fsp3) is 0.438. The lowest BCUT2D eigenvalue weighted by Gasteiger charge is -2.25. The topological polar surface area (TPSA) is 74.3 Å². The van der Waals surface area contributed by atoms with Gasteiger partial charge in [0.25, 0.3) is 0 Å². The monoisotopic (exact) mass is 345 g/mol. The van der Waals surface area contributed by atoms with Gasteiger partial charge in [-0.1, -0.05) is 29.8 Å². The van der Waals surface area contributed by atoms with E-state index < -0.39 is 0 Å². The molecule has 126 valence electrons. The van der Waals surface area contributed by atoms with Crippen molar-refractivity contribution in [3.05, 3.63) is 35.4 Å². The number of hydrogen-bond donors (Lipinski definition) is 1. The number of morpholine rings is 1. The number of benzene rings is 1. The van der Waals surface area contributed by atoms with Gasteiger partial charge >= 0.3 is 0 Å². The third-order valence-electron chi connectivity index (χ3n) is 4.21. The van der Waals surface area contributed by atoms with Crippen LogP contribution in [0.3, 0.4) is 0 Å². The highest BCUT2D eigenvalue weighted by molar-refractivity contribution is 8.00. The number of aromatic amines is 1. The summed E-state index contributed by atoms with van der Waals surface area (Å²) < 4.78 is 5.35. The lowest BCUT2D eigenvalue weighted by Crippen LogP contribution is -2.37. The second-order valence-corrected chi connectivity index (χ2v) is 6.96. The van der Waals surface area contributed by atoms with Crippen LogP contribution in [0, 0.1) is 6.92 Å². The van der Waals surface area contributed by atoms with Crippen LogP contribution >= 0.6 is 11.8 Å². The van der Waals surface area contributed by atoms with Gasteiger partial charge in [-0.05, 0) is 12.5 Å². The molecule has 0 saturated carbocycles. The number of aryl methyl sites for hydroxylation is 1. The van der Waals surface area contributed by atoms with Crippen LogP contribution in [0.1, 0.15) is 16.5 Å². The van der Waals surface area contributed by atoms with Gasteiger partial charge in [0, 0.05) is 13.1 Å². The Morgan fingerprint density at radius 3 is 2.75 bits per heavy atom. The number of amides is 1. The van der Waals surface area contributed by atoms with Gasteiger partial charge in [0.1, 0.15) is 5.37 Å². The largest absolute Gasteiger partial charge is 0.378 e. The predicted octanol–water partition coefficient (Wildman–Crippen LogP) is 1.73. The van der Waals surface area contributed by atoms with Crippen molar-refractivity contribution in [1.82, 2.24) is 15.2 Å². The van der Waals surface area contributed by atoms with E-state index in [1.54, 1.807) is 16.7 Å². The van der Waals surface area contributed by atoms with Crippen molar-refractivity contribution in [3.8, 4) is 0 Å². The Balaban J connectivity index is 1.60. The molecule has 4 rings (SSSR count). The number of thioether (sulfide) groups is 1. The molecule has 1 N–H and O–H groups in total. The van der Waals surface area contributed by atoms with Crippen molar-refractivity contribution in [3.63, 3.8) is 0 Å². The van der Waals surface area contributed by atoms with Gasteiger partial charge in [0.2, 0.25) is 17.8 Å². The fourth-order valence-electron chi connectivity index (χ4n) is 2.89. The quantitative estimate of drug-likeness (QED) is 0.913. The maximum absolute atomic E-state index is 12.4. The van der Waals surface area contributed by atoms with Crippen molar-refractivity contribution in [2.24, 2.45) is 0 Å². The zero-order chi connectivity index (χ0) is 16.5. The number of rotatable bonds is 3. The van der Waals surface area contributed by atoms with Gasteiger partial charge in [0.15, 0.2) is 0 Å². The Hall–Kier alpha value is -2.06. The van der Waals surface area contributed by atoms with E-state index in [0.29, 0.717) is 30.9 Å². The van der Waals surface area contributed by atoms with Crippen LogP contribution in [0.4, 0.5) is 11.9 Å². The van der Waals surface area contributed by atoms with Crippen LogP contribution in [0.25, 0.3) is 0 Å². The number of hydrogen-bond acceptors (Lipinski definition) is 6. The minimum Gasteiger partial charge on any atom is -0.378 e. The van der Waals surface area contributed by atoms with Gasteiger partial charge in [-0.3, -0.25) is 9.69 Å². The Kier molecular flexibility index (Phi) is 4.15. The summed E-state index contributed by atoms with van der Waals surface area (Å²) in [4.78, 5) is 20.7. The highest BCUT2D eigenvalue weighted by Gasteiger charge is 2.36. The molecule has 1 amide bonds. The standard InChI is InChI=1S/C16H19N5O2S/c1-11-2-4-12(5-3-11)14-21(13(22)10-24-14)16-17-15(18-19-16)20-6-8-23-9-7-20/h2-5,14H,6-10H2,1H3,(H,17,18,19)/t14-/m1/s1. The lowest BCUT2D eigenvalue weighted by molar-refractivity contribution is -0.115. The van der Waals surface area contributed by atoms with Crippen LogP contribution in [0.2, 0.25) is 0 Å². The molecule has 3 heterocycles. The Labute approximate surface area is 144 Å². The van der Waals surface area contributed by atoms with Crippen LogP contribution in [0.15, 0.2) is 24.3 Å². The molecule has 1 aromatic heterocycles. The molecule has 24 heavy (non-hydrogen) atoms. The van der Waals surface area contributed by atoms with E-state index in [1.807, 2.05) is 0 Å². The molecule has 2 saturated heterocycles. The summed E-state index contributed by atoms with van der Waals surface area (Å²) in [6.07, 6.45) is 0. The first-order chi connectivity index (χ1) is 11.7. The van der Waals surface area contributed by atoms with Crippen molar-refractivity contribution < 1.29 is 9.53 Å². The summed E-state index contributed by atoms with van der Waals surface area (Å²) >= 11 is 1.61. The number of carbonyl (C=O) groups is 1. The van der Waals surface area contributed by atoms with E-state index in [-0.39, 0.29) is 11.3 Å². The molecule has 7 nitrogen and oxygen atoms in total. The predicted molar refractivity (Wildman–Crippen MR) is 93.3 cm³/mol. The lowest BCUT2D eigenvalue weighted by atomic mass is 10.1. The minimum atomic E-state index is -0.0661. The summed E-state index contributed by atoms with van der Waals surface area (Å²) in [6, 6.07) is 8.27. The third-order valence-corrected chi connectivity index (χ3v) is 5.43. The average molecular weight is 345 g/mol. The maximum atomic E-state index is 12.4. The number of H-pyrrole nitrogens is 1. The van der Waals surface area contributed by atoms with E-state index >= 15 is 0 Å². The summed E-state index contributed by atoms with van der Waals surface area (Å²) in [6.45, 7) is 4.94. The van der Waals surface area contributed by atoms with Crippen molar-refractivity contribution in [1.29, 1.82) is 0 Å². The number of nitrogens with zero attached hydrogens (tertiary/aromatic N) is 4. The normalized spacial score (nSPS) is 21.5. The van der Waals surface area contributed by atoms with Crippen molar-refractivity contribution in [2.45, 2.75) is 12.3 Å². The molecule has 0 radical (unpaired) electrons. The first kappa shape index (κ1) is 15.5. The second kappa shape index (κ2) is 6.45. The van der Waals surface area contributed by atoms with Crippen molar-refractivity contribution >= 4 is 29.6 Å². The van der Waals surface area contributed by atoms with E-state index in [4.69, 9.17) is 4.74 Å². The zero-order valence-corrected chi connectivity index (χ0v) is 14.3. The number of nitrogens with one attached hydrogen (secondary N) is 1. The Morgan fingerprint density at radius 2 is 2.00 bits per heavy atom. The molecule has 1 aromatic carbocycles. The number of ether oxygens (including phenoxy) is 1. The number of aromatic nitrogens is 3. The van der Waals surface area contributed by atoms with E-state index in [0.717, 1.165) is 18.7 Å². The fourth-order valence-corrected chi connectivity index (χ4v) is 4.04. The smallest absolute Gasteiger partial charge is 0.246 e. The minimum absolute atomic E-state index is 0.0512. The van der Waals surface area contributed by atoms with E-state index in [9.17, 15) is 4.79 Å². The van der Waals surface area contributed by atoms with Crippen LogP contribution in [-0.4, -0.2) is 53.1 Å². The Morgan fingerprint density at radius 1 is 1.25 bits per heavy atom. The number of anilines is 2. The Bertz CT molecular complexity index is 726. The van der Waals surface area contributed by atoms with E-state index in [1.165, 1.54) is 5.56 Å². The van der Waals surface area contributed by atoms with Gasteiger partial charge < -0.3 is 9.64 Å². The van der Waals surface area contributed by atoms with Crippen molar-refractivity contribution in [2.75, 3.05) is 41.9 Å². The molecule has 0 aliphatic carbocycles. The maximum Gasteiger partial charge on any atom is 0.246 e. The van der Waals surface area contributed by atoms with Gasteiger partial charge in [0.05, 0.1) is 19.0 Å². The van der Waals surface area contributed by atoms with Gasteiger partial charge in [-0.15, -0.1) is 16.9 Å². The molecule has 2 aliphatic rings.